The molecule has 0 aliphatic heterocycles. The summed E-state index contributed by atoms with van der Waals surface area (Å²) >= 11 is 0. The van der Waals surface area contributed by atoms with Crippen molar-refractivity contribution in [1.82, 2.24) is 0 Å². The van der Waals surface area contributed by atoms with Gasteiger partial charge in [-0.2, -0.15) is 0 Å². The predicted octanol–water partition coefficient (Wildman–Crippen LogP) is 2.83. The molecule has 0 saturated heterocycles. The van der Waals surface area contributed by atoms with E-state index in [0.29, 0.717) is 25.0 Å². The summed E-state index contributed by atoms with van der Waals surface area (Å²) in [5.41, 5.74) is -0.512. The van der Waals surface area contributed by atoms with Crippen LogP contribution >= 0.6 is 0 Å². The Morgan fingerprint density at radius 3 is 2.43 bits per heavy atom. The van der Waals surface area contributed by atoms with E-state index in [1.807, 2.05) is 6.92 Å². The maximum Gasteiger partial charge on any atom is 0.133 e. The van der Waals surface area contributed by atoms with Crippen LogP contribution in [0.15, 0.2) is 0 Å². The second-order valence-corrected chi connectivity index (χ2v) is 4.57. The summed E-state index contributed by atoms with van der Waals surface area (Å²) in [6.45, 7) is 2.02. The van der Waals surface area contributed by atoms with Crippen LogP contribution < -0.4 is 0 Å². The Hall–Kier alpha value is -0.370. The van der Waals surface area contributed by atoms with Crippen LogP contribution in [0.3, 0.4) is 0 Å². The van der Waals surface area contributed by atoms with E-state index in [1.54, 1.807) is 0 Å². The SMILES string of the molecule is CCCC(=O)CCC1(O)CCCCC1. The van der Waals surface area contributed by atoms with Gasteiger partial charge in [-0.15, -0.1) is 0 Å². The van der Waals surface area contributed by atoms with Crippen molar-refractivity contribution in [2.24, 2.45) is 0 Å². The second kappa shape index (κ2) is 5.50. The summed E-state index contributed by atoms with van der Waals surface area (Å²) in [4.78, 5) is 11.3. The topological polar surface area (TPSA) is 37.3 Å². The number of ketones is 1. The van der Waals surface area contributed by atoms with Crippen LogP contribution in [0.4, 0.5) is 0 Å². The third-order valence-corrected chi connectivity index (χ3v) is 3.18. The van der Waals surface area contributed by atoms with Crippen molar-refractivity contribution in [2.75, 3.05) is 0 Å². The zero-order chi connectivity index (χ0) is 10.4. The van der Waals surface area contributed by atoms with Crippen LogP contribution in [0.25, 0.3) is 0 Å². The largest absolute Gasteiger partial charge is 0.390 e. The normalized spacial score (nSPS) is 20.7. The van der Waals surface area contributed by atoms with E-state index in [-0.39, 0.29) is 0 Å². The predicted molar refractivity (Wildman–Crippen MR) is 57.2 cm³/mol. The molecule has 0 atom stereocenters. The van der Waals surface area contributed by atoms with Crippen LogP contribution in [0, 0.1) is 0 Å². The Morgan fingerprint density at radius 2 is 1.86 bits per heavy atom. The molecule has 0 spiro atoms. The number of aliphatic hydroxyl groups is 1. The smallest absolute Gasteiger partial charge is 0.133 e. The van der Waals surface area contributed by atoms with E-state index in [0.717, 1.165) is 32.1 Å². The molecule has 0 aromatic carbocycles. The first-order valence-corrected chi connectivity index (χ1v) is 5.90. The van der Waals surface area contributed by atoms with Crippen LogP contribution in [-0.4, -0.2) is 16.5 Å². The summed E-state index contributed by atoms with van der Waals surface area (Å²) in [5.74, 6) is 0.312. The van der Waals surface area contributed by atoms with Crippen molar-refractivity contribution in [3.05, 3.63) is 0 Å². The Kier molecular flexibility index (Phi) is 4.59. The molecular formula is C12H22O2. The molecule has 1 saturated carbocycles. The van der Waals surface area contributed by atoms with Crippen molar-refractivity contribution in [3.63, 3.8) is 0 Å². The number of rotatable bonds is 5. The van der Waals surface area contributed by atoms with Gasteiger partial charge < -0.3 is 5.11 Å². The molecule has 14 heavy (non-hydrogen) atoms. The fraction of sp³-hybridized carbons (Fsp3) is 0.917. The zero-order valence-electron chi connectivity index (χ0n) is 9.22. The molecule has 82 valence electrons. The fourth-order valence-corrected chi connectivity index (χ4v) is 2.24. The maximum absolute atomic E-state index is 11.3. The van der Waals surface area contributed by atoms with Gasteiger partial charge in [0, 0.05) is 12.8 Å². The highest BCUT2D eigenvalue weighted by molar-refractivity contribution is 5.78. The summed E-state index contributed by atoms with van der Waals surface area (Å²) in [7, 11) is 0. The third-order valence-electron chi connectivity index (χ3n) is 3.18. The highest BCUT2D eigenvalue weighted by Crippen LogP contribution is 2.31. The van der Waals surface area contributed by atoms with Gasteiger partial charge in [-0.3, -0.25) is 4.79 Å². The number of carbonyl (C=O) groups excluding carboxylic acids is 1. The van der Waals surface area contributed by atoms with Gasteiger partial charge in [-0.05, 0) is 25.7 Å². The van der Waals surface area contributed by atoms with Crippen LogP contribution in [-0.2, 0) is 4.79 Å². The molecular weight excluding hydrogens is 176 g/mol. The Bertz CT molecular complexity index is 181. The van der Waals surface area contributed by atoms with Gasteiger partial charge in [0.2, 0.25) is 0 Å². The molecule has 0 aromatic rings. The van der Waals surface area contributed by atoms with Crippen LogP contribution in [0.1, 0.15) is 64.7 Å². The standard InChI is InChI=1S/C12H22O2/c1-2-6-11(13)7-10-12(14)8-4-3-5-9-12/h14H,2-10H2,1H3. The zero-order valence-corrected chi connectivity index (χ0v) is 9.22. The van der Waals surface area contributed by atoms with Gasteiger partial charge in [-0.25, -0.2) is 0 Å². The van der Waals surface area contributed by atoms with E-state index in [1.165, 1.54) is 6.42 Å². The van der Waals surface area contributed by atoms with E-state index in [2.05, 4.69) is 0 Å². The molecule has 1 fully saturated rings. The van der Waals surface area contributed by atoms with Gasteiger partial charge >= 0.3 is 0 Å². The number of carbonyl (C=O) groups is 1. The first kappa shape index (κ1) is 11.7. The lowest BCUT2D eigenvalue weighted by molar-refractivity contribution is -0.120. The molecule has 0 heterocycles. The molecule has 1 N–H and O–H groups in total. The molecule has 0 aromatic heterocycles. The third kappa shape index (κ3) is 3.79. The lowest BCUT2D eigenvalue weighted by Gasteiger charge is -2.31. The lowest BCUT2D eigenvalue weighted by Crippen LogP contribution is -2.31. The van der Waals surface area contributed by atoms with E-state index in [9.17, 15) is 9.90 Å². The van der Waals surface area contributed by atoms with Crippen molar-refractivity contribution < 1.29 is 9.90 Å². The molecule has 1 rings (SSSR count). The van der Waals surface area contributed by atoms with Crippen molar-refractivity contribution in [1.29, 1.82) is 0 Å². The lowest BCUT2D eigenvalue weighted by atomic mass is 9.81. The minimum Gasteiger partial charge on any atom is -0.390 e. The highest BCUT2D eigenvalue weighted by atomic mass is 16.3. The highest BCUT2D eigenvalue weighted by Gasteiger charge is 2.29. The average molecular weight is 198 g/mol. The Labute approximate surface area is 86.7 Å². The number of Topliss-reactive ketones (excluding diaryl/α,β-unsaturated/α-hetero) is 1. The molecule has 2 heteroatoms. The van der Waals surface area contributed by atoms with Gasteiger partial charge in [0.1, 0.15) is 5.78 Å². The van der Waals surface area contributed by atoms with Crippen LogP contribution in [0.5, 0.6) is 0 Å². The molecule has 0 bridgehead atoms. The molecule has 0 amide bonds. The van der Waals surface area contributed by atoms with Crippen molar-refractivity contribution in [3.8, 4) is 0 Å². The minimum atomic E-state index is -0.512. The van der Waals surface area contributed by atoms with E-state index in [4.69, 9.17) is 0 Å². The summed E-state index contributed by atoms with van der Waals surface area (Å²) in [5, 5.41) is 10.1. The first-order valence-electron chi connectivity index (χ1n) is 5.90. The monoisotopic (exact) mass is 198 g/mol. The summed E-state index contributed by atoms with van der Waals surface area (Å²) < 4.78 is 0. The summed E-state index contributed by atoms with van der Waals surface area (Å²) in [6, 6.07) is 0. The molecule has 1 aliphatic rings. The molecule has 1 aliphatic carbocycles. The molecule has 0 radical (unpaired) electrons. The summed E-state index contributed by atoms with van der Waals surface area (Å²) in [6.07, 6.45) is 8.14. The minimum absolute atomic E-state index is 0.312. The maximum atomic E-state index is 11.3. The quantitative estimate of drug-likeness (QED) is 0.737. The fourth-order valence-electron chi connectivity index (χ4n) is 2.24. The van der Waals surface area contributed by atoms with Crippen molar-refractivity contribution in [2.45, 2.75) is 70.3 Å². The van der Waals surface area contributed by atoms with Crippen LogP contribution in [0.2, 0.25) is 0 Å². The van der Waals surface area contributed by atoms with Gasteiger partial charge in [0.05, 0.1) is 5.60 Å². The van der Waals surface area contributed by atoms with Crippen molar-refractivity contribution >= 4 is 5.78 Å². The number of hydrogen-bond acceptors (Lipinski definition) is 2. The number of hydrogen-bond donors (Lipinski definition) is 1. The average Bonchev–Trinajstić information content (AvgIpc) is 2.17. The molecule has 0 unspecified atom stereocenters. The first-order chi connectivity index (χ1) is 6.66. The van der Waals surface area contributed by atoms with Gasteiger partial charge in [0.15, 0.2) is 0 Å². The van der Waals surface area contributed by atoms with E-state index < -0.39 is 5.60 Å². The van der Waals surface area contributed by atoms with Gasteiger partial charge in [-0.1, -0.05) is 26.2 Å². The van der Waals surface area contributed by atoms with Gasteiger partial charge in [0.25, 0.3) is 0 Å². The van der Waals surface area contributed by atoms with E-state index >= 15 is 0 Å². The Balaban J connectivity index is 2.24. The second-order valence-electron chi connectivity index (χ2n) is 4.57. The Morgan fingerprint density at radius 1 is 1.21 bits per heavy atom. The molecule has 2 nitrogen and oxygen atoms in total.